The Morgan fingerprint density at radius 3 is 2.63 bits per heavy atom. The fraction of sp³-hybridized carbons (Fsp3) is 0.556. The van der Waals surface area contributed by atoms with Gasteiger partial charge in [-0.15, -0.1) is 0 Å². The van der Waals surface area contributed by atoms with Crippen LogP contribution in [0, 0.1) is 5.82 Å². The lowest BCUT2D eigenvalue weighted by Crippen LogP contribution is -2.43. The lowest BCUT2D eigenvalue weighted by Gasteiger charge is -2.28. The first-order valence-electron chi connectivity index (χ1n) is 8.78. The van der Waals surface area contributed by atoms with Gasteiger partial charge < -0.3 is 14.4 Å². The topological polar surface area (TPSA) is 90.0 Å². The predicted octanol–water partition coefficient (Wildman–Crippen LogP) is 1.81. The number of hydrogen-bond acceptors (Lipinski definition) is 6. The number of ether oxygens (including phenoxy) is 2. The van der Waals surface area contributed by atoms with Crippen LogP contribution in [0.1, 0.15) is 36.5 Å². The van der Waals surface area contributed by atoms with Gasteiger partial charge in [0.15, 0.2) is 16.4 Å². The zero-order valence-corrected chi connectivity index (χ0v) is 16.3. The van der Waals surface area contributed by atoms with Gasteiger partial charge in [-0.2, -0.15) is 0 Å². The number of nitrogens with zero attached hydrogens (tertiary/aromatic N) is 1. The van der Waals surface area contributed by atoms with Crippen LogP contribution in [0.15, 0.2) is 18.2 Å². The van der Waals surface area contributed by atoms with Gasteiger partial charge in [-0.1, -0.05) is 13.3 Å². The van der Waals surface area contributed by atoms with Crippen LogP contribution < -0.4 is 4.74 Å². The van der Waals surface area contributed by atoms with E-state index in [1.807, 2.05) is 6.92 Å². The van der Waals surface area contributed by atoms with Crippen LogP contribution >= 0.6 is 0 Å². The third kappa shape index (κ3) is 5.66. The quantitative estimate of drug-likeness (QED) is 0.617. The number of esters is 1. The molecule has 1 amide bonds. The number of sulfone groups is 1. The standard InChI is InChI=1S/C18H24FNO6S/c1-3-4-8-20(13-7-9-27(23,24)12-13)17(21)11-26-18(22)15-6-5-14(25-2)10-16(15)19/h5-6,10,13H,3-4,7-9,11-12H2,1-2H3/t13-/m1/s1. The van der Waals surface area contributed by atoms with Gasteiger partial charge >= 0.3 is 5.97 Å². The SMILES string of the molecule is CCCCN(C(=O)COC(=O)c1ccc(OC)cc1F)[C@@H]1CCS(=O)(=O)C1. The molecule has 9 heteroatoms. The number of unbranched alkanes of at least 4 members (excludes halogenated alkanes) is 1. The maximum Gasteiger partial charge on any atom is 0.341 e. The summed E-state index contributed by atoms with van der Waals surface area (Å²) in [6.07, 6.45) is 1.92. The first-order chi connectivity index (χ1) is 12.8. The van der Waals surface area contributed by atoms with Crippen LogP contribution in [0.5, 0.6) is 5.75 Å². The molecular formula is C18H24FNO6S. The molecule has 0 radical (unpaired) electrons. The summed E-state index contributed by atoms with van der Waals surface area (Å²) in [7, 11) is -1.77. The molecule has 0 aromatic heterocycles. The largest absolute Gasteiger partial charge is 0.497 e. The molecule has 1 heterocycles. The van der Waals surface area contributed by atoms with E-state index in [0.717, 1.165) is 12.5 Å². The minimum atomic E-state index is -3.15. The fourth-order valence-corrected chi connectivity index (χ4v) is 4.67. The van der Waals surface area contributed by atoms with Crippen molar-refractivity contribution in [2.45, 2.75) is 32.2 Å². The number of carbonyl (C=O) groups is 2. The molecular weight excluding hydrogens is 377 g/mol. The lowest BCUT2D eigenvalue weighted by atomic mass is 10.2. The highest BCUT2D eigenvalue weighted by Crippen LogP contribution is 2.20. The molecule has 0 N–H and O–H groups in total. The summed E-state index contributed by atoms with van der Waals surface area (Å²) in [6, 6.07) is 3.28. The first-order valence-corrected chi connectivity index (χ1v) is 10.6. The monoisotopic (exact) mass is 401 g/mol. The van der Waals surface area contributed by atoms with Crippen molar-refractivity contribution in [2.75, 3.05) is 31.8 Å². The third-order valence-electron chi connectivity index (χ3n) is 4.44. The summed E-state index contributed by atoms with van der Waals surface area (Å²) >= 11 is 0. The van der Waals surface area contributed by atoms with Crippen LogP contribution in [-0.2, 0) is 19.4 Å². The Kier molecular flexibility index (Phi) is 7.18. The fourth-order valence-electron chi connectivity index (χ4n) is 2.94. The van der Waals surface area contributed by atoms with E-state index in [-0.39, 0.29) is 22.8 Å². The summed E-state index contributed by atoms with van der Waals surface area (Å²) < 4.78 is 47.2. The Balaban J connectivity index is 2.01. The molecule has 1 aliphatic heterocycles. The van der Waals surface area contributed by atoms with Gasteiger partial charge in [0.2, 0.25) is 0 Å². The normalized spacial score (nSPS) is 18.1. The molecule has 0 bridgehead atoms. The van der Waals surface area contributed by atoms with Crippen LogP contribution in [-0.4, -0.2) is 63.0 Å². The second-order valence-corrected chi connectivity index (χ2v) is 8.65. The van der Waals surface area contributed by atoms with Gasteiger partial charge in [-0.3, -0.25) is 4.79 Å². The van der Waals surface area contributed by atoms with E-state index in [1.54, 1.807) is 0 Å². The molecule has 1 saturated heterocycles. The average Bonchev–Trinajstić information content (AvgIpc) is 2.99. The van der Waals surface area contributed by atoms with E-state index in [0.29, 0.717) is 19.4 Å². The summed E-state index contributed by atoms with van der Waals surface area (Å²) in [5.74, 6) is -2.02. The smallest absolute Gasteiger partial charge is 0.341 e. The van der Waals surface area contributed by atoms with Crippen molar-refractivity contribution in [3.63, 3.8) is 0 Å². The van der Waals surface area contributed by atoms with Crippen LogP contribution in [0.3, 0.4) is 0 Å². The van der Waals surface area contributed by atoms with E-state index < -0.39 is 40.2 Å². The van der Waals surface area contributed by atoms with Gasteiger partial charge in [0.05, 0.1) is 24.2 Å². The Bertz CT molecular complexity index is 795. The summed E-state index contributed by atoms with van der Waals surface area (Å²) in [5.41, 5.74) is -0.299. The Morgan fingerprint density at radius 1 is 1.33 bits per heavy atom. The van der Waals surface area contributed by atoms with E-state index in [4.69, 9.17) is 9.47 Å². The Labute approximate surface area is 158 Å². The van der Waals surface area contributed by atoms with E-state index in [2.05, 4.69) is 0 Å². The average molecular weight is 401 g/mol. The minimum absolute atomic E-state index is 0.0461. The van der Waals surface area contributed by atoms with Crippen molar-refractivity contribution in [1.82, 2.24) is 4.90 Å². The minimum Gasteiger partial charge on any atom is -0.497 e. The van der Waals surface area contributed by atoms with Crippen molar-refractivity contribution < 1.29 is 31.9 Å². The zero-order chi connectivity index (χ0) is 20.0. The van der Waals surface area contributed by atoms with Gasteiger partial charge in [0.25, 0.3) is 5.91 Å². The highest BCUT2D eigenvalue weighted by molar-refractivity contribution is 7.91. The molecule has 27 heavy (non-hydrogen) atoms. The molecule has 7 nitrogen and oxygen atoms in total. The number of hydrogen-bond donors (Lipinski definition) is 0. The summed E-state index contributed by atoms with van der Waals surface area (Å²) in [5, 5.41) is 0. The number of rotatable bonds is 8. The molecule has 2 rings (SSSR count). The molecule has 1 atom stereocenters. The van der Waals surface area contributed by atoms with Gasteiger partial charge in [0.1, 0.15) is 11.6 Å². The maximum absolute atomic E-state index is 13.9. The Hall–Kier alpha value is -2.16. The van der Waals surface area contributed by atoms with Crippen molar-refractivity contribution in [3.8, 4) is 5.75 Å². The van der Waals surface area contributed by atoms with Crippen LogP contribution in [0.2, 0.25) is 0 Å². The number of amides is 1. The van der Waals surface area contributed by atoms with Gasteiger partial charge in [-0.25, -0.2) is 17.6 Å². The van der Waals surface area contributed by atoms with E-state index in [9.17, 15) is 22.4 Å². The maximum atomic E-state index is 13.9. The molecule has 1 aliphatic rings. The van der Waals surface area contributed by atoms with Crippen molar-refractivity contribution >= 4 is 21.7 Å². The van der Waals surface area contributed by atoms with Crippen LogP contribution in [0.4, 0.5) is 4.39 Å². The summed E-state index contributed by atoms with van der Waals surface area (Å²) in [4.78, 5) is 26.0. The molecule has 1 aromatic rings. The Morgan fingerprint density at radius 2 is 2.07 bits per heavy atom. The second-order valence-electron chi connectivity index (χ2n) is 6.42. The van der Waals surface area contributed by atoms with E-state index in [1.165, 1.54) is 24.1 Å². The second kappa shape index (κ2) is 9.16. The molecule has 0 spiro atoms. The number of halogens is 1. The molecule has 150 valence electrons. The summed E-state index contributed by atoms with van der Waals surface area (Å²) in [6.45, 7) is 1.79. The highest BCUT2D eigenvalue weighted by atomic mass is 32.2. The number of carbonyl (C=O) groups excluding carboxylic acids is 2. The van der Waals surface area contributed by atoms with Crippen molar-refractivity contribution in [3.05, 3.63) is 29.6 Å². The molecule has 0 aliphatic carbocycles. The number of methoxy groups -OCH3 is 1. The predicted molar refractivity (Wildman–Crippen MR) is 96.9 cm³/mol. The third-order valence-corrected chi connectivity index (χ3v) is 6.20. The molecule has 1 aromatic carbocycles. The van der Waals surface area contributed by atoms with Gasteiger partial charge in [0, 0.05) is 18.7 Å². The first kappa shape index (κ1) is 21.1. The highest BCUT2D eigenvalue weighted by Gasteiger charge is 2.34. The lowest BCUT2D eigenvalue weighted by molar-refractivity contribution is -0.136. The van der Waals surface area contributed by atoms with Crippen molar-refractivity contribution in [2.24, 2.45) is 0 Å². The molecule has 0 saturated carbocycles. The van der Waals surface area contributed by atoms with Gasteiger partial charge in [-0.05, 0) is 25.0 Å². The number of benzene rings is 1. The molecule has 1 fully saturated rings. The zero-order valence-electron chi connectivity index (χ0n) is 15.4. The van der Waals surface area contributed by atoms with E-state index >= 15 is 0 Å². The van der Waals surface area contributed by atoms with Crippen molar-refractivity contribution in [1.29, 1.82) is 0 Å². The molecule has 0 unspecified atom stereocenters. The van der Waals surface area contributed by atoms with Crippen LogP contribution in [0.25, 0.3) is 0 Å².